The highest BCUT2D eigenvalue weighted by molar-refractivity contribution is 5.35. The van der Waals surface area contributed by atoms with E-state index in [4.69, 9.17) is 4.74 Å². The SMILES string of the molecule is OCC1(NC2CCCCCC2)COCc2ccccc21. The van der Waals surface area contributed by atoms with Gasteiger partial charge < -0.3 is 15.2 Å². The lowest BCUT2D eigenvalue weighted by molar-refractivity contribution is 0.000370. The first kappa shape index (κ1) is 14.1. The summed E-state index contributed by atoms with van der Waals surface area (Å²) in [7, 11) is 0. The van der Waals surface area contributed by atoms with Crippen molar-refractivity contribution in [1.82, 2.24) is 5.32 Å². The van der Waals surface area contributed by atoms with Gasteiger partial charge in [-0.15, -0.1) is 0 Å². The van der Waals surface area contributed by atoms with E-state index in [9.17, 15) is 5.11 Å². The summed E-state index contributed by atoms with van der Waals surface area (Å²) in [6.45, 7) is 1.32. The van der Waals surface area contributed by atoms with E-state index >= 15 is 0 Å². The molecule has 1 fully saturated rings. The summed E-state index contributed by atoms with van der Waals surface area (Å²) in [6.07, 6.45) is 7.70. The normalized spacial score (nSPS) is 27.9. The summed E-state index contributed by atoms with van der Waals surface area (Å²) in [5.74, 6) is 0. The smallest absolute Gasteiger partial charge is 0.0911 e. The molecule has 0 saturated heterocycles. The Morgan fingerprint density at radius 2 is 1.90 bits per heavy atom. The number of hydrogen-bond donors (Lipinski definition) is 2. The van der Waals surface area contributed by atoms with Gasteiger partial charge in [-0.05, 0) is 24.0 Å². The standard InChI is InChI=1S/C17H25NO2/c19-12-17(18-15-8-3-1-2-4-9-15)13-20-11-14-7-5-6-10-16(14)17/h5-7,10,15,18-19H,1-4,8-9,11-13H2. The first-order valence-electron chi connectivity index (χ1n) is 7.89. The number of aliphatic hydroxyl groups excluding tert-OH is 1. The van der Waals surface area contributed by atoms with Gasteiger partial charge in [0.15, 0.2) is 0 Å². The zero-order valence-corrected chi connectivity index (χ0v) is 12.1. The van der Waals surface area contributed by atoms with Crippen molar-refractivity contribution in [3.05, 3.63) is 35.4 Å². The van der Waals surface area contributed by atoms with Gasteiger partial charge in [-0.3, -0.25) is 0 Å². The highest BCUT2D eigenvalue weighted by Crippen LogP contribution is 2.32. The van der Waals surface area contributed by atoms with Crippen molar-refractivity contribution in [3.8, 4) is 0 Å². The average molecular weight is 275 g/mol. The Kier molecular flexibility index (Phi) is 4.39. The third-order valence-corrected chi connectivity index (χ3v) is 4.74. The minimum Gasteiger partial charge on any atom is -0.394 e. The van der Waals surface area contributed by atoms with Crippen LogP contribution in [-0.4, -0.2) is 24.4 Å². The molecule has 3 nitrogen and oxygen atoms in total. The lowest BCUT2D eigenvalue weighted by atomic mass is 9.84. The van der Waals surface area contributed by atoms with Gasteiger partial charge >= 0.3 is 0 Å². The van der Waals surface area contributed by atoms with Crippen molar-refractivity contribution in [1.29, 1.82) is 0 Å². The van der Waals surface area contributed by atoms with E-state index in [2.05, 4.69) is 23.5 Å². The molecule has 0 amide bonds. The Labute approximate surface area is 121 Å². The van der Waals surface area contributed by atoms with Gasteiger partial charge in [0.05, 0.1) is 25.4 Å². The second-order valence-corrected chi connectivity index (χ2v) is 6.22. The fourth-order valence-electron chi connectivity index (χ4n) is 3.64. The van der Waals surface area contributed by atoms with Crippen molar-refractivity contribution < 1.29 is 9.84 Å². The minimum absolute atomic E-state index is 0.0977. The summed E-state index contributed by atoms with van der Waals surface area (Å²) in [5, 5.41) is 13.8. The maximum atomic E-state index is 10.0. The Balaban J connectivity index is 1.84. The highest BCUT2D eigenvalue weighted by Gasteiger charge is 2.38. The van der Waals surface area contributed by atoms with E-state index in [1.165, 1.54) is 49.7 Å². The second-order valence-electron chi connectivity index (χ2n) is 6.22. The molecule has 1 aliphatic carbocycles. The lowest BCUT2D eigenvalue weighted by Crippen LogP contribution is -2.55. The third-order valence-electron chi connectivity index (χ3n) is 4.74. The predicted molar refractivity (Wildman–Crippen MR) is 79.5 cm³/mol. The second kappa shape index (κ2) is 6.25. The molecule has 1 heterocycles. The molecule has 1 unspecified atom stereocenters. The first-order valence-corrected chi connectivity index (χ1v) is 7.89. The van der Waals surface area contributed by atoms with E-state index in [0.29, 0.717) is 19.3 Å². The molecule has 2 N–H and O–H groups in total. The molecule has 1 saturated carbocycles. The summed E-state index contributed by atoms with van der Waals surface area (Å²) < 4.78 is 5.75. The summed E-state index contributed by atoms with van der Waals surface area (Å²) in [5.41, 5.74) is 2.01. The van der Waals surface area contributed by atoms with Gasteiger partial charge in [0.25, 0.3) is 0 Å². The van der Waals surface area contributed by atoms with Crippen molar-refractivity contribution in [2.45, 2.75) is 56.7 Å². The molecule has 1 aromatic rings. The average Bonchev–Trinajstić information content (AvgIpc) is 2.76. The Morgan fingerprint density at radius 1 is 1.15 bits per heavy atom. The van der Waals surface area contributed by atoms with Gasteiger partial charge in [0.2, 0.25) is 0 Å². The maximum Gasteiger partial charge on any atom is 0.0911 e. The van der Waals surface area contributed by atoms with Crippen molar-refractivity contribution in [2.24, 2.45) is 0 Å². The molecular formula is C17H25NO2. The third kappa shape index (κ3) is 2.76. The molecular weight excluding hydrogens is 250 g/mol. The molecule has 1 atom stereocenters. The van der Waals surface area contributed by atoms with Crippen molar-refractivity contribution in [2.75, 3.05) is 13.2 Å². The van der Waals surface area contributed by atoms with Gasteiger partial charge in [-0.2, -0.15) is 0 Å². The molecule has 0 spiro atoms. The Morgan fingerprint density at radius 3 is 2.65 bits per heavy atom. The molecule has 3 rings (SSSR count). The zero-order chi connectivity index (χ0) is 13.8. The van der Waals surface area contributed by atoms with Crippen LogP contribution in [0.25, 0.3) is 0 Å². The summed E-state index contributed by atoms with van der Waals surface area (Å²) >= 11 is 0. The van der Waals surface area contributed by atoms with Crippen LogP contribution in [0.3, 0.4) is 0 Å². The van der Waals surface area contributed by atoms with Crippen LogP contribution < -0.4 is 5.32 Å². The fraction of sp³-hybridized carbons (Fsp3) is 0.647. The predicted octanol–water partition coefficient (Wildman–Crippen LogP) is 2.72. The molecule has 1 aliphatic heterocycles. The number of rotatable bonds is 3. The van der Waals surface area contributed by atoms with E-state index in [1.54, 1.807) is 0 Å². The number of ether oxygens (including phenoxy) is 1. The van der Waals surface area contributed by atoms with Crippen molar-refractivity contribution >= 4 is 0 Å². The van der Waals surface area contributed by atoms with Gasteiger partial charge in [0.1, 0.15) is 0 Å². The van der Waals surface area contributed by atoms with Crippen LogP contribution in [-0.2, 0) is 16.9 Å². The number of nitrogens with one attached hydrogen (secondary N) is 1. The van der Waals surface area contributed by atoms with Gasteiger partial charge in [-0.25, -0.2) is 0 Å². The molecule has 1 aromatic carbocycles. The van der Waals surface area contributed by atoms with Crippen molar-refractivity contribution in [3.63, 3.8) is 0 Å². The van der Waals surface area contributed by atoms with E-state index in [0.717, 1.165) is 0 Å². The van der Waals surface area contributed by atoms with Gasteiger partial charge in [-0.1, -0.05) is 49.9 Å². The molecule has 0 radical (unpaired) electrons. The Hall–Kier alpha value is -0.900. The monoisotopic (exact) mass is 275 g/mol. The maximum absolute atomic E-state index is 10.0. The van der Waals surface area contributed by atoms with Crippen LogP contribution >= 0.6 is 0 Å². The Bertz CT molecular complexity index is 440. The molecule has 0 bridgehead atoms. The first-order chi connectivity index (χ1) is 9.84. The highest BCUT2D eigenvalue weighted by atomic mass is 16.5. The number of benzene rings is 1. The minimum atomic E-state index is -0.413. The molecule has 3 heteroatoms. The quantitative estimate of drug-likeness (QED) is 0.833. The number of fused-ring (bicyclic) bond motifs is 1. The van der Waals surface area contributed by atoms with Crippen LogP contribution in [0.2, 0.25) is 0 Å². The lowest BCUT2D eigenvalue weighted by Gasteiger charge is -2.41. The van der Waals surface area contributed by atoms with Crippen LogP contribution in [0, 0.1) is 0 Å². The summed E-state index contributed by atoms with van der Waals surface area (Å²) in [4.78, 5) is 0. The van der Waals surface area contributed by atoms with E-state index in [1.807, 2.05) is 6.07 Å². The topological polar surface area (TPSA) is 41.5 Å². The van der Waals surface area contributed by atoms with Crippen LogP contribution in [0.1, 0.15) is 49.7 Å². The van der Waals surface area contributed by atoms with Gasteiger partial charge in [0, 0.05) is 6.04 Å². The molecule has 20 heavy (non-hydrogen) atoms. The van der Waals surface area contributed by atoms with Crippen LogP contribution in [0.4, 0.5) is 0 Å². The number of hydrogen-bond acceptors (Lipinski definition) is 3. The fourth-order valence-corrected chi connectivity index (χ4v) is 3.64. The molecule has 110 valence electrons. The van der Waals surface area contributed by atoms with Crippen LogP contribution in [0.15, 0.2) is 24.3 Å². The zero-order valence-electron chi connectivity index (χ0n) is 12.1. The summed E-state index contributed by atoms with van der Waals surface area (Å²) in [6, 6.07) is 8.84. The van der Waals surface area contributed by atoms with E-state index in [-0.39, 0.29) is 6.61 Å². The van der Waals surface area contributed by atoms with Crippen LogP contribution in [0.5, 0.6) is 0 Å². The number of aliphatic hydroxyl groups is 1. The largest absolute Gasteiger partial charge is 0.394 e. The van der Waals surface area contributed by atoms with E-state index < -0.39 is 5.54 Å². The molecule has 2 aliphatic rings. The molecule has 0 aromatic heterocycles.